The summed E-state index contributed by atoms with van der Waals surface area (Å²) in [7, 11) is 3.13. The Morgan fingerprint density at radius 1 is 1.22 bits per heavy atom. The van der Waals surface area contributed by atoms with Crippen LogP contribution in [0.5, 0.6) is 0 Å². The van der Waals surface area contributed by atoms with E-state index in [4.69, 9.17) is 14.1 Å². The van der Waals surface area contributed by atoms with Crippen LogP contribution in [0.4, 0.5) is 0 Å². The van der Waals surface area contributed by atoms with Crippen molar-refractivity contribution in [3.05, 3.63) is 82.4 Å². The number of methoxy groups -OCH3 is 1. The first-order chi connectivity index (χ1) is 15.5. The number of ether oxygens (including phenoxy) is 1. The third kappa shape index (κ3) is 4.23. The Hall–Kier alpha value is -3.26. The zero-order valence-electron chi connectivity index (χ0n) is 18.3. The predicted molar refractivity (Wildman–Crippen MR) is 123 cm³/mol. The molecule has 2 aliphatic rings. The van der Waals surface area contributed by atoms with E-state index in [1.165, 1.54) is 18.9 Å². The number of thioether (sulfide) groups is 1. The maximum absolute atomic E-state index is 13.0. The highest BCUT2D eigenvalue weighted by Gasteiger charge is 2.41. The smallest absolute Gasteiger partial charge is 0.338 e. The molecule has 1 aromatic carbocycles. The summed E-state index contributed by atoms with van der Waals surface area (Å²) in [6, 6.07) is 13.0. The molecule has 0 fully saturated rings. The number of amides is 1. The van der Waals surface area contributed by atoms with Crippen LogP contribution in [0.3, 0.4) is 0 Å². The maximum atomic E-state index is 13.0. The van der Waals surface area contributed by atoms with E-state index in [2.05, 4.69) is 0 Å². The third-order valence-corrected chi connectivity index (χ3v) is 6.36. The van der Waals surface area contributed by atoms with Crippen LogP contribution >= 0.6 is 11.8 Å². The topological polar surface area (TPSA) is 75.3 Å². The second-order valence-electron chi connectivity index (χ2n) is 7.52. The van der Waals surface area contributed by atoms with Crippen molar-refractivity contribution >= 4 is 28.8 Å². The molecule has 7 nitrogen and oxygen atoms in total. The molecule has 2 aliphatic heterocycles. The molecule has 0 spiro atoms. The zero-order chi connectivity index (χ0) is 22.7. The molecule has 4 rings (SSSR count). The van der Waals surface area contributed by atoms with Crippen LogP contribution < -0.4 is 0 Å². The van der Waals surface area contributed by atoms with Gasteiger partial charge >= 0.3 is 5.97 Å². The summed E-state index contributed by atoms with van der Waals surface area (Å²) in [6.45, 7) is 2.36. The summed E-state index contributed by atoms with van der Waals surface area (Å²) in [6.07, 6.45) is 2.38. The lowest BCUT2D eigenvalue weighted by molar-refractivity contribution is -0.136. The van der Waals surface area contributed by atoms with Crippen molar-refractivity contribution in [3.63, 3.8) is 0 Å². The number of nitrogens with zero attached hydrogens (tertiary/aromatic N) is 3. The number of amidine groups is 1. The minimum absolute atomic E-state index is 0.0498. The molecule has 0 aliphatic carbocycles. The van der Waals surface area contributed by atoms with Crippen molar-refractivity contribution in [2.45, 2.75) is 32.4 Å². The molecule has 8 heteroatoms. The van der Waals surface area contributed by atoms with Crippen molar-refractivity contribution in [3.8, 4) is 0 Å². The summed E-state index contributed by atoms with van der Waals surface area (Å²) < 4.78 is 10.5. The van der Waals surface area contributed by atoms with Crippen LogP contribution in [-0.2, 0) is 20.9 Å². The molecule has 0 N–H and O–H groups in total. The lowest BCUT2D eigenvalue weighted by Crippen LogP contribution is -2.38. The Morgan fingerprint density at radius 3 is 2.66 bits per heavy atom. The Balaban J connectivity index is 1.65. The molecule has 32 heavy (non-hydrogen) atoms. The summed E-state index contributed by atoms with van der Waals surface area (Å²) in [5, 5.41) is 2.71. The van der Waals surface area contributed by atoms with Gasteiger partial charge in [0.25, 0.3) is 0 Å². The van der Waals surface area contributed by atoms with Gasteiger partial charge in [0.05, 0.1) is 43.7 Å². The van der Waals surface area contributed by atoms with Crippen molar-refractivity contribution in [2.75, 3.05) is 14.2 Å². The largest absolute Gasteiger partial charge is 0.467 e. The van der Waals surface area contributed by atoms with Gasteiger partial charge in [-0.25, -0.2) is 9.79 Å². The van der Waals surface area contributed by atoms with Crippen LogP contribution in [-0.4, -0.2) is 41.0 Å². The number of fused-ring (bicyclic) bond motifs is 1. The fourth-order valence-corrected chi connectivity index (χ4v) is 4.81. The number of hydrogen-bond acceptors (Lipinski definition) is 7. The standard InChI is InChI=1S/C24H25N3O4S/c1-4-19-21(23(29)30-3)22(16-9-6-5-7-10-16)27-17(15-32-24(27)25-19)13-20(28)26(2)14-18-11-8-12-31-18/h5-12,15,22H,4,13-14H2,1-3H3/t22-/m1/s1. The van der Waals surface area contributed by atoms with Gasteiger partial charge in [-0.2, -0.15) is 0 Å². The van der Waals surface area contributed by atoms with E-state index in [-0.39, 0.29) is 12.3 Å². The summed E-state index contributed by atoms with van der Waals surface area (Å²) in [5.41, 5.74) is 2.96. The molecule has 0 bridgehead atoms. The highest BCUT2D eigenvalue weighted by Crippen LogP contribution is 2.45. The van der Waals surface area contributed by atoms with Gasteiger partial charge in [0.1, 0.15) is 5.76 Å². The molecule has 0 saturated carbocycles. The first-order valence-corrected chi connectivity index (χ1v) is 11.3. The van der Waals surface area contributed by atoms with Crippen LogP contribution in [0.15, 0.2) is 80.5 Å². The second kappa shape index (κ2) is 9.48. The van der Waals surface area contributed by atoms with Crippen molar-refractivity contribution in [2.24, 2.45) is 4.99 Å². The number of benzene rings is 1. The molecule has 0 unspecified atom stereocenters. The molecule has 3 heterocycles. The first-order valence-electron chi connectivity index (χ1n) is 10.4. The maximum Gasteiger partial charge on any atom is 0.338 e. The fourth-order valence-electron chi connectivity index (χ4n) is 3.88. The van der Waals surface area contributed by atoms with Gasteiger partial charge in [-0.1, -0.05) is 49.0 Å². The highest BCUT2D eigenvalue weighted by atomic mass is 32.2. The highest BCUT2D eigenvalue weighted by molar-refractivity contribution is 8.16. The molecular formula is C24H25N3O4S. The van der Waals surface area contributed by atoms with E-state index in [9.17, 15) is 9.59 Å². The Kier molecular flexibility index (Phi) is 6.50. The van der Waals surface area contributed by atoms with E-state index in [0.717, 1.165) is 22.2 Å². The van der Waals surface area contributed by atoms with Crippen LogP contribution in [0, 0.1) is 0 Å². The molecule has 0 saturated heterocycles. The number of aliphatic imine (C=N–C) groups is 1. The average Bonchev–Trinajstić information content (AvgIpc) is 3.47. The lowest BCUT2D eigenvalue weighted by Gasteiger charge is -2.36. The molecule has 0 radical (unpaired) electrons. The minimum atomic E-state index is -0.407. The van der Waals surface area contributed by atoms with E-state index in [0.29, 0.717) is 24.2 Å². The Morgan fingerprint density at radius 2 is 2.00 bits per heavy atom. The van der Waals surface area contributed by atoms with Crippen molar-refractivity contribution < 1.29 is 18.7 Å². The van der Waals surface area contributed by atoms with Gasteiger partial charge in [-0.3, -0.25) is 4.79 Å². The Bertz CT molecular complexity index is 1090. The fraction of sp³-hybridized carbons (Fsp3) is 0.292. The van der Waals surface area contributed by atoms with E-state index in [1.807, 2.05) is 53.6 Å². The summed E-state index contributed by atoms with van der Waals surface area (Å²) in [4.78, 5) is 34.2. The number of rotatable bonds is 7. The van der Waals surface area contributed by atoms with Crippen molar-refractivity contribution in [1.29, 1.82) is 0 Å². The van der Waals surface area contributed by atoms with E-state index in [1.54, 1.807) is 24.3 Å². The monoisotopic (exact) mass is 451 g/mol. The molecule has 1 aromatic heterocycles. The summed E-state index contributed by atoms with van der Waals surface area (Å²) in [5.74, 6) is 0.267. The molecule has 2 aromatic rings. The first kappa shape index (κ1) is 22.0. The quantitative estimate of drug-likeness (QED) is 0.579. The average molecular weight is 452 g/mol. The number of furan rings is 1. The molecule has 1 atom stereocenters. The Labute approximate surface area is 191 Å². The SMILES string of the molecule is CCC1=C(C(=O)OC)[C@@H](c2ccccc2)N2C(CC(=O)N(C)Cc3ccco3)=CSC2=N1. The zero-order valence-corrected chi connectivity index (χ0v) is 19.1. The van der Waals surface area contributed by atoms with Crippen LogP contribution in [0.2, 0.25) is 0 Å². The van der Waals surface area contributed by atoms with Crippen molar-refractivity contribution in [1.82, 2.24) is 9.80 Å². The molecule has 166 valence electrons. The predicted octanol–water partition coefficient (Wildman–Crippen LogP) is 4.47. The van der Waals surface area contributed by atoms with Crippen LogP contribution in [0.1, 0.15) is 37.1 Å². The van der Waals surface area contributed by atoms with Gasteiger partial charge in [0, 0.05) is 12.7 Å². The lowest BCUT2D eigenvalue weighted by atomic mass is 9.93. The van der Waals surface area contributed by atoms with Gasteiger partial charge in [0.15, 0.2) is 5.17 Å². The van der Waals surface area contributed by atoms with Gasteiger partial charge in [0.2, 0.25) is 5.91 Å². The van der Waals surface area contributed by atoms with E-state index >= 15 is 0 Å². The normalized spacial score (nSPS) is 17.6. The van der Waals surface area contributed by atoms with Gasteiger partial charge in [-0.15, -0.1) is 0 Å². The second-order valence-corrected chi connectivity index (χ2v) is 8.35. The third-order valence-electron chi connectivity index (χ3n) is 5.48. The van der Waals surface area contributed by atoms with E-state index < -0.39 is 12.0 Å². The molecular weight excluding hydrogens is 426 g/mol. The molecule has 1 amide bonds. The number of carbonyl (C=O) groups excluding carboxylic acids is 2. The minimum Gasteiger partial charge on any atom is -0.467 e. The number of hydrogen-bond donors (Lipinski definition) is 0. The summed E-state index contributed by atoms with van der Waals surface area (Å²) >= 11 is 1.47. The van der Waals surface area contributed by atoms with Crippen LogP contribution in [0.25, 0.3) is 0 Å². The van der Waals surface area contributed by atoms with Gasteiger partial charge in [-0.05, 0) is 29.5 Å². The van der Waals surface area contributed by atoms with Gasteiger partial charge < -0.3 is 19.0 Å². The number of carbonyl (C=O) groups is 2. The number of esters is 1. The number of allylic oxidation sites excluding steroid dienone is 1.